The molecule has 2 atom stereocenters. The summed E-state index contributed by atoms with van der Waals surface area (Å²) in [5.41, 5.74) is 0.770. The third-order valence-electron chi connectivity index (χ3n) is 2.79. The first-order valence-corrected chi connectivity index (χ1v) is 4.41. The van der Waals surface area contributed by atoms with Crippen molar-refractivity contribution in [1.82, 2.24) is 0 Å². The average Bonchev–Trinajstić information content (AvgIpc) is 2.32. The van der Waals surface area contributed by atoms with Crippen LogP contribution in [0.25, 0.3) is 0 Å². The molecule has 1 fully saturated rings. The molecule has 70 valence electrons. The van der Waals surface area contributed by atoms with Crippen LogP contribution >= 0.6 is 0 Å². The maximum Gasteiger partial charge on any atom is 0.346 e. The number of allylic oxidation sites excluding steroid dienone is 1. The Balaban J connectivity index is 2.94. The topological polar surface area (TPSA) is 61.1 Å². The number of hydrogen-bond acceptors (Lipinski definition) is 2. The molecule has 3 heteroatoms. The Morgan fingerprint density at radius 1 is 1.46 bits per heavy atom. The molecule has 0 aromatic rings. The van der Waals surface area contributed by atoms with E-state index >= 15 is 0 Å². The van der Waals surface area contributed by atoms with Crippen molar-refractivity contribution >= 4 is 5.97 Å². The summed E-state index contributed by atoms with van der Waals surface area (Å²) in [6.07, 6.45) is 1.52. The van der Waals surface area contributed by atoms with Crippen molar-refractivity contribution in [3.8, 4) is 6.07 Å². The van der Waals surface area contributed by atoms with Gasteiger partial charge in [0, 0.05) is 0 Å². The molecule has 0 amide bonds. The Hall–Kier alpha value is -1.30. The molecule has 1 aliphatic carbocycles. The van der Waals surface area contributed by atoms with Gasteiger partial charge in [-0.15, -0.1) is 0 Å². The molecule has 0 aromatic heterocycles. The lowest BCUT2D eigenvalue weighted by Gasteiger charge is -2.04. The van der Waals surface area contributed by atoms with Crippen LogP contribution in [0.2, 0.25) is 0 Å². The Bertz CT molecular complexity index is 287. The summed E-state index contributed by atoms with van der Waals surface area (Å²) in [6.45, 7) is 4.18. The molecule has 0 bridgehead atoms. The van der Waals surface area contributed by atoms with E-state index in [9.17, 15) is 4.79 Å². The average molecular weight is 179 g/mol. The molecule has 1 rings (SSSR count). The van der Waals surface area contributed by atoms with Crippen molar-refractivity contribution in [2.45, 2.75) is 26.7 Å². The summed E-state index contributed by atoms with van der Waals surface area (Å²) >= 11 is 0. The van der Waals surface area contributed by atoms with Crippen LogP contribution in [-0.2, 0) is 4.79 Å². The lowest BCUT2D eigenvalue weighted by atomic mass is 10.0. The van der Waals surface area contributed by atoms with E-state index in [1.165, 1.54) is 0 Å². The summed E-state index contributed by atoms with van der Waals surface area (Å²) in [4.78, 5) is 10.7. The minimum Gasteiger partial charge on any atom is -0.477 e. The van der Waals surface area contributed by atoms with Gasteiger partial charge in [-0.05, 0) is 30.3 Å². The first-order valence-electron chi connectivity index (χ1n) is 4.41. The number of carboxylic acids is 1. The molecule has 1 aliphatic rings. The van der Waals surface area contributed by atoms with E-state index in [0.29, 0.717) is 11.8 Å². The Morgan fingerprint density at radius 2 is 1.92 bits per heavy atom. The number of aliphatic carboxylic acids is 1. The van der Waals surface area contributed by atoms with Crippen LogP contribution in [0, 0.1) is 23.2 Å². The monoisotopic (exact) mass is 179 g/mol. The zero-order chi connectivity index (χ0) is 10.0. The molecular formula is C10H13NO2. The highest BCUT2D eigenvalue weighted by Crippen LogP contribution is 2.36. The number of carboxylic acid groups (broad SMARTS) is 1. The molecule has 1 saturated carbocycles. The van der Waals surface area contributed by atoms with Gasteiger partial charge in [-0.1, -0.05) is 13.8 Å². The fourth-order valence-electron chi connectivity index (χ4n) is 1.75. The van der Waals surface area contributed by atoms with Gasteiger partial charge in [0.05, 0.1) is 0 Å². The predicted molar refractivity (Wildman–Crippen MR) is 47.8 cm³/mol. The summed E-state index contributed by atoms with van der Waals surface area (Å²) in [5.74, 6) is -0.0887. The quantitative estimate of drug-likeness (QED) is 0.494. The zero-order valence-electron chi connectivity index (χ0n) is 7.87. The minimum atomic E-state index is -1.08. The molecule has 3 nitrogen and oxygen atoms in total. The van der Waals surface area contributed by atoms with Crippen LogP contribution in [0.1, 0.15) is 26.7 Å². The van der Waals surface area contributed by atoms with Crippen LogP contribution in [0.3, 0.4) is 0 Å². The van der Waals surface area contributed by atoms with Crippen molar-refractivity contribution in [2.24, 2.45) is 11.8 Å². The molecule has 0 heterocycles. The van der Waals surface area contributed by atoms with Crippen LogP contribution in [0.15, 0.2) is 11.1 Å². The number of nitriles is 1. The van der Waals surface area contributed by atoms with Gasteiger partial charge in [0.15, 0.2) is 0 Å². The van der Waals surface area contributed by atoms with E-state index in [1.54, 1.807) is 6.07 Å². The molecular weight excluding hydrogens is 166 g/mol. The van der Waals surface area contributed by atoms with Gasteiger partial charge in [-0.25, -0.2) is 4.79 Å². The van der Waals surface area contributed by atoms with Gasteiger partial charge in [0.2, 0.25) is 0 Å². The smallest absolute Gasteiger partial charge is 0.346 e. The van der Waals surface area contributed by atoms with Gasteiger partial charge in [-0.2, -0.15) is 5.26 Å². The molecule has 0 unspecified atom stereocenters. The number of carbonyl (C=O) groups is 1. The van der Waals surface area contributed by atoms with E-state index < -0.39 is 5.97 Å². The Morgan fingerprint density at radius 3 is 2.23 bits per heavy atom. The number of rotatable bonds is 1. The van der Waals surface area contributed by atoms with E-state index in [-0.39, 0.29) is 5.57 Å². The lowest BCUT2D eigenvalue weighted by molar-refractivity contribution is -0.132. The van der Waals surface area contributed by atoms with Crippen LogP contribution in [0.5, 0.6) is 0 Å². The SMILES string of the molecule is C[C@@H]1CC(=C(C#N)C(=O)O)C[C@H]1C. The van der Waals surface area contributed by atoms with Crippen molar-refractivity contribution in [1.29, 1.82) is 5.26 Å². The maximum atomic E-state index is 10.7. The summed E-state index contributed by atoms with van der Waals surface area (Å²) in [6, 6.07) is 1.76. The van der Waals surface area contributed by atoms with E-state index in [0.717, 1.165) is 18.4 Å². The summed E-state index contributed by atoms with van der Waals surface area (Å²) < 4.78 is 0. The highest BCUT2D eigenvalue weighted by Gasteiger charge is 2.27. The molecule has 0 aromatic carbocycles. The van der Waals surface area contributed by atoms with Crippen LogP contribution < -0.4 is 0 Å². The van der Waals surface area contributed by atoms with Crippen molar-refractivity contribution < 1.29 is 9.90 Å². The third kappa shape index (κ3) is 1.89. The minimum absolute atomic E-state index is 0.0452. The highest BCUT2D eigenvalue weighted by atomic mass is 16.4. The molecule has 0 radical (unpaired) electrons. The third-order valence-corrected chi connectivity index (χ3v) is 2.79. The van der Waals surface area contributed by atoms with Gasteiger partial charge in [0.25, 0.3) is 0 Å². The second-order valence-electron chi connectivity index (χ2n) is 3.76. The molecule has 0 spiro atoms. The van der Waals surface area contributed by atoms with Gasteiger partial charge >= 0.3 is 5.97 Å². The number of hydrogen-bond donors (Lipinski definition) is 1. The van der Waals surface area contributed by atoms with Gasteiger partial charge in [-0.3, -0.25) is 0 Å². The fourth-order valence-corrected chi connectivity index (χ4v) is 1.75. The van der Waals surface area contributed by atoms with Crippen molar-refractivity contribution in [3.63, 3.8) is 0 Å². The van der Waals surface area contributed by atoms with Crippen molar-refractivity contribution in [2.75, 3.05) is 0 Å². The standard InChI is InChI=1S/C10H13NO2/c1-6-3-8(4-7(6)2)9(5-11)10(12)13/h6-7H,3-4H2,1-2H3,(H,12,13)/t6-,7-/m1/s1. The largest absolute Gasteiger partial charge is 0.477 e. The van der Waals surface area contributed by atoms with E-state index in [4.69, 9.17) is 10.4 Å². The molecule has 0 saturated heterocycles. The zero-order valence-corrected chi connectivity index (χ0v) is 7.87. The van der Waals surface area contributed by atoms with Crippen LogP contribution in [0.4, 0.5) is 0 Å². The highest BCUT2D eigenvalue weighted by molar-refractivity contribution is 5.92. The second kappa shape index (κ2) is 3.61. The Labute approximate surface area is 77.7 Å². The van der Waals surface area contributed by atoms with Crippen molar-refractivity contribution in [3.05, 3.63) is 11.1 Å². The predicted octanol–water partition coefficient (Wildman–Crippen LogP) is 1.96. The fraction of sp³-hybridized carbons (Fsp3) is 0.600. The first kappa shape index (κ1) is 9.79. The summed E-state index contributed by atoms with van der Waals surface area (Å²) in [5, 5.41) is 17.4. The second-order valence-corrected chi connectivity index (χ2v) is 3.76. The van der Waals surface area contributed by atoms with Gasteiger partial charge in [0.1, 0.15) is 11.6 Å². The number of nitrogens with zero attached hydrogens (tertiary/aromatic N) is 1. The van der Waals surface area contributed by atoms with Crippen LogP contribution in [-0.4, -0.2) is 11.1 Å². The van der Waals surface area contributed by atoms with Gasteiger partial charge < -0.3 is 5.11 Å². The van der Waals surface area contributed by atoms with E-state index in [2.05, 4.69) is 13.8 Å². The molecule has 13 heavy (non-hydrogen) atoms. The normalized spacial score (nSPS) is 27.0. The maximum absolute atomic E-state index is 10.7. The molecule has 0 aliphatic heterocycles. The Kier molecular flexibility index (Phi) is 2.72. The lowest BCUT2D eigenvalue weighted by Crippen LogP contribution is -2.01. The summed E-state index contributed by atoms with van der Waals surface area (Å²) in [7, 11) is 0. The van der Waals surface area contributed by atoms with E-state index in [1.807, 2.05) is 0 Å². The molecule has 1 N–H and O–H groups in total. The first-order chi connectivity index (χ1) is 6.06.